The van der Waals surface area contributed by atoms with E-state index >= 15 is 0 Å². The maximum atomic E-state index is 12.7. The van der Waals surface area contributed by atoms with Crippen LogP contribution in [-0.2, 0) is 14.8 Å². The molecule has 25 heavy (non-hydrogen) atoms. The van der Waals surface area contributed by atoms with Gasteiger partial charge in [-0.2, -0.15) is 0 Å². The van der Waals surface area contributed by atoms with Crippen molar-refractivity contribution in [2.45, 2.75) is 30.7 Å². The summed E-state index contributed by atoms with van der Waals surface area (Å²) < 4.78 is 33.2. The number of sulfonamides is 1. The van der Waals surface area contributed by atoms with Gasteiger partial charge in [-0.05, 0) is 55.5 Å². The molecule has 1 fully saturated rings. The summed E-state index contributed by atoms with van der Waals surface area (Å²) in [5.74, 6) is -0.129. The Bertz CT molecular complexity index is 827. The van der Waals surface area contributed by atoms with Crippen molar-refractivity contribution in [2.24, 2.45) is 5.92 Å². The number of hydrogen-bond acceptors (Lipinski definition) is 4. The van der Waals surface area contributed by atoms with Crippen LogP contribution in [0.25, 0.3) is 0 Å². The monoisotopic (exact) mass is 359 g/mol. The molecule has 0 bridgehead atoms. The first-order valence-corrected chi connectivity index (χ1v) is 9.84. The van der Waals surface area contributed by atoms with Crippen molar-refractivity contribution < 1.29 is 17.9 Å². The van der Waals surface area contributed by atoms with Gasteiger partial charge in [0, 0.05) is 6.04 Å². The Morgan fingerprint density at radius 2 is 1.76 bits per heavy atom. The van der Waals surface area contributed by atoms with E-state index in [2.05, 4.69) is 4.72 Å². The zero-order chi connectivity index (χ0) is 17.9. The fourth-order valence-corrected chi connectivity index (χ4v) is 4.04. The van der Waals surface area contributed by atoms with Crippen molar-refractivity contribution in [2.75, 3.05) is 6.61 Å². The number of ether oxygens (including phenoxy) is 1. The number of carbonyl (C=O) groups excluding carboxylic acids is 1. The minimum atomic E-state index is -3.67. The SMILES string of the molecule is CCOC(=O)c1ccc(S(=O)(=O)NC(c2ccccc2)C2CC2)cc1. The van der Waals surface area contributed by atoms with E-state index in [-0.39, 0.29) is 17.5 Å². The molecule has 0 heterocycles. The Kier molecular flexibility index (Phi) is 5.20. The second-order valence-electron chi connectivity index (χ2n) is 6.09. The van der Waals surface area contributed by atoms with Crippen LogP contribution in [-0.4, -0.2) is 21.0 Å². The molecule has 0 amide bonds. The number of esters is 1. The first kappa shape index (κ1) is 17.6. The Labute approximate surface area is 148 Å². The molecule has 0 radical (unpaired) electrons. The molecule has 1 aliphatic rings. The minimum absolute atomic E-state index is 0.141. The maximum Gasteiger partial charge on any atom is 0.338 e. The molecule has 6 heteroatoms. The van der Waals surface area contributed by atoms with E-state index in [9.17, 15) is 13.2 Å². The Morgan fingerprint density at radius 3 is 2.32 bits per heavy atom. The lowest BCUT2D eigenvalue weighted by molar-refractivity contribution is 0.0526. The third-order valence-electron chi connectivity index (χ3n) is 4.21. The number of rotatable bonds is 7. The minimum Gasteiger partial charge on any atom is -0.462 e. The summed E-state index contributed by atoms with van der Waals surface area (Å²) in [7, 11) is -3.67. The van der Waals surface area contributed by atoms with Crippen molar-refractivity contribution in [3.8, 4) is 0 Å². The Balaban J connectivity index is 1.80. The van der Waals surface area contributed by atoms with Gasteiger partial charge in [0.15, 0.2) is 0 Å². The highest BCUT2D eigenvalue weighted by Gasteiger charge is 2.35. The Hall–Kier alpha value is -2.18. The lowest BCUT2D eigenvalue weighted by atomic mass is 10.0. The van der Waals surface area contributed by atoms with Crippen molar-refractivity contribution >= 4 is 16.0 Å². The fraction of sp³-hybridized carbons (Fsp3) is 0.316. The molecular formula is C19H21NO4S. The van der Waals surface area contributed by atoms with E-state index in [1.54, 1.807) is 6.92 Å². The van der Waals surface area contributed by atoms with Crippen LogP contribution in [0.15, 0.2) is 59.5 Å². The first-order valence-electron chi connectivity index (χ1n) is 8.35. The van der Waals surface area contributed by atoms with Gasteiger partial charge in [-0.25, -0.2) is 17.9 Å². The van der Waals surface area contributed by atoms with Crippen molar-refractivity contribution in [1.29, 1.82) is 0 Å². The van der Waals surface area contributed by atoms with E-state index in [4.69, 9.17) is 4.74 Å². The molecule has 1 atom stereocenters. The highest BCUT2D eigenvalue weighted by atomic mass is 32.2. The maximum absolute atomic E-state index is 12.7. The van der Waals surface area contributed by atoms with Crippen LogP contribution in [0.1, 0.15) is 41.7 Å². The van der Waals surface area contributed by atoms with Crippen molar-refractivity contribution in [3.63, 3.8) is 0 Å². The number of carbonyl (C=O) groups is 1. The Morgan fingerprint density at radius 1 is 1.12 bits per heavy atom. The summed E-state index contributed by atoms with van der Waals surface area (Å²) in [5.41, 5.74) is 1.30. The van der Waals surface area contributed by atoms with Gasteiger partial charge in [0.25, 0.3) is 0 Å². The highest BCUT2D eigenvalue weighted by Crippen LogP contribution is 2.41. The molecule has 1 aliphatic carbocycles. The summed E-state index contributed by atoms with van der Waals surface area (Å²) in [6.45, 7) is 2.00. The van der Waals surface area contributed by atoms with Crippen LogP contribution < -0.4 is 4.72 Å². The second kappa shape index (κ2) is 7.37. The topological polar surface area (TPSA) is 72.5 Å². The second-order valence-corrected chi connectivity index (χ2v) is 7.81. The van der Waals surface area contributed by atoms with Gasteiger partial charge in [0.1, 0.15) is 0 Å². The van der Waals surface area contributed by atoms with Gasteiger partial charge in [-0.3, -0.25) is 0 Å². The molecule has 0 aliphatic heterocycles. The highest BCUT2D eigenvalue weighted by molar-refractivity contribution is 7.89. The summed E-state index contributed by atoms with van der Waals surface area (Å²) in [5, 5.41) is 0. The van der Waals surface area contributed by atoms with E-state index in [1.807, 2.05) is 30.3 Å². The average molecular weight is 359 g/mol. The average Bonchev–Trinajstić information content (AvgIpc) is 3.46. The lowest BCUT2D eigenvalue weighted by Crippen LogP contribution is -2.30. The molecular weight excluding hydrogens is 338 g/mol. The zero-order valence-corrected chi connectivity index (χ0v) is 14.8. The van der Waals surface area contributed by atoms with E-state index in [0.29, 0.717) is 11.5 Å². The predicted molar refractivity (Wildman–Crippen MR) is 94.6 cm³/mol. The lowest BCUT2D eigenvalue weighted by Gasteiger charge is -2.19. The molecule has 1 unspecified atom stereocenters. The number of hydrogen-bond donors (Lipinski definition) is 1. The first-order chi connectivity index (χ1) is 12.0. The van der Waals surface area contributed by atoms with E-state index in [1.165, 1.54) is 24.3 Å². The summed E-state index contributed by atoms with van der Waals surface area (Å²) in [4.78, 5) is 11.8. The van der Waals surface area contributed by atoms with Gasteiger partial charge in [0.05, 0.1) is 17.1 Å². The van der Waals surface area contributed by atoms with Gasteiger partial charge in [-0.1, -0.05) is 30.3 Å². The summed E-state index contributed by atoms with van der Waals surface area (Å²) in [6, 6.07) is 15.2. The largest absolute Gasteiger partial charge is 0.462 e. The molecule has 1 saturated carbocycles. The molecule has 0 saturated heterocycles. The predicted octanol–water partition coefficient (Wildman–Crippen LogP) is 3.29. The van der Waals surface area contributed by atoms with Crippen LogP contribution in [0.3, 0.4) is 0 Å². The molecule has 1 N–H and O–H groups in total. The van der Waals surface area contributed by atoms with Crippen molar-refractivity contribution in [1.82, 2.24) is 4.72 Å². The van der Waals surface area contributed by atoms with E-state index in [0.717, 1.165) is 18.4 Å². The van der Waals surface area contributed by atoms with Gasteiger partial charge in [0.2, 0.25) is 10.0 Å². The smallest absolute Gasteiger partial charge is 0.338 e. The van der Waals surface area contributed by atoms with E-state index < -0.39 is 16.0 Å². The van der Waals surface area contributed by atoms with Crippen LogP contribution >= 0.6 is 0 Å². The molecule has 2 aromatic carbocycles. The van der Waals surface area contributed by atoms with Crippen LogP contribution in [0.2, 0.25) is 0 Å². The summed E-state index contributed by atoms with van der Waals surface area (Å²) >= 11 is 0. The van der Waals surface area contributed by atoms with Gasteiger partial charge >= 0.3 is 5.97 Å². The molecule has 132 valence electrons. The van der Waals surface area contributed by atoms with Crippen molar-refractivity contribution in [3.05, 3.63) is 65.7 Å². The zero-order valence-electron chi connectivity index (χ0n) is 14.0. The molecule has 3 rings (SSSR count). The van der Waals surface area contributed by atoms with Gasteiger partial charge < -0.3 is 4.74 Å². The third kappa shape index (κ3) is 4.27. The van der Waals surface area contributed by atoms with Crippen LogP contribution in [0.4, 0.5) is 0 Å². The third-order valence-corrected chi connectivity index (χ3v) is 5.67. The molecule has 0 aromatic heterocycles. The molecule has 0 spiro atoms. The quantitative estimate of drug-likeness (QED) is 0.770. The van der Waals surface area contributed by atoms with Crippen LogP contribution in [0, 0.1) is 5.92 Å². The fourth-order valence-electron chi connectivity index (χ4n) is 2.75. The molecule has 5 nitrogen and oxygen atoms in total. The number of benzene rings is 2. The number of nitrogens with one attached hydrogen (secondary N) is 1. The normalized spacial score (nSPS) is 15.6. The standard InChI is InChI=1S/C19H21NO4S/c1-2-24-19(21)16-10-12-17(13-11-16)25(22,23)20-18(15-8-9-15)14-6-4-3-5-7-14/h3-7,10-13,15,18,20H,2,8-9H2,1H3. The van der Waals surface area contributed by atoms with Crippen LogP contribution in [0.5, 0.6) is 0 Å². The van der Waals surface area contributed by atoms with Gasteiger partial charge in [-0.15, -0.1) is 0 Å². The summed E-state index contributed by atoms with van der Waals surface area (Å²) in [6.07, 6.45) is 2.04. The molecule has 2 aromatic rings.